The molecule has 0 radical (unpaired) electrons. The molecule has 0 unspecified atom stereocenters. The number of hydrogen-bond donors (Lipinski definition) is 1. The van der Waals surface area contributed by atoms with Crippen LogP contribution in [0.1, 0.15) is 38.2 Å². The number of nitrogens with two attached hydrogens (primary N) is 1. The number of fused-ring (bicyclic) bond motifs is 2. The quantitative estimate of drug-likeness (QED) is 0.314. The minimum absolute atomic E-state index is 0.0122. The summed E-state index contributed by atoms with van der Waals surface area (Å²) in [5.41, 5.74) is 5.81. The van der Waals surface area contributed by atoms with Gasteiger partial charge in [0.05, 0.1) is 25.9 Å². The molecule has 0 amide bonds. The van der Waals surface area contributed by atoms with E-state index in [1.165, 1.54) is 6.33 Å². The number of halogens is 1. The van der Waals surface area contributed by atoms with E-state index < -0.39 is 44.1 Å². The Morgan fingerprint density at radius 3 is 2.92 bits per heavy atom. The van der Waals surface area contributed by atoms with Gasteiger partial charge in [0.15, 0.2) is 29.1 Å². The number of anilines is 1. The molecule has 0 aliphatic carbocycles. The fourth-order valence-electron chi connectivity index (χ4n) is 4.99. The predicted molar refractivity (Wildman–Crippen MR) is 134 cm³/mol. The van der Waals surface area contributed by atoms with Gasteiger partial charge in [-0.2, -0.15) is 9.97 Å². The first-order valence-corrected chi connectivity index (χ1v) is 14.0. The molecule has 14 nitrogen and oxygen atoms in total. The van der Waals surface area contributed by atoms with Gasteiger partial charge in [-0.1, -0.05) is 29.8 Å². The summed E-state index contributed by atoms with van der Waals surface area (Å²) in [6.07, 6.45) is -2.37. The lowest BCUT2D eigenvalue weighted by atomic mass is 9.96. The summed E-state index contributed by atoms with van der Waals surface area (Å²) in [7, 11) is -4.02. The summed E-state index contributed by atoms with van der Waals surface area (Å²) >= 11 is 6.30. The highest BCUT2D eigenvalue weighted by atomic mass is 35.5. The van der Waals surface area contributed by atoms with Crippen molar-refractivity contribution >= 4 is 42.7 Å². The molecule has 1 aromatic carbocycles. The minimum atomic E-state index is -4.02. The van der Waals surface area contributed by atoms with Gasteiger partial charge in [-0.25, -0.2) is 14.3 Å². The van der Waals surface area contributed by atoms with Crippen LogP contribution in [0.25, 0.3) is 11.2 Å². The Morgan fingerprint density at radius 1 is 1.31 bits per heavy atom. The Kier molecular flexibility index (Phi) is 6.64. The molecule has 39 heavy (non-hydrogen) atoms. The molecule has 3 aromatic rings. The van der Waals surface area contributed by atoms with Gasteiger partial charge in [0.1, 0.15) is 12.4 Å². The summed E-state index contributed by atoms with van der Waals surface area (Å²) in [4.78, 5) is 24.9. The summed E-state index contributed by atoms with van der Waals surface area (Å²) in [5, 5.41) is 0.480. The predicted octanol–water partition coefficient (Wildman–Crippen LogP) is 3.96. The Balaban J connectivity index is 1.26. The zero-order valence-corrected chi connectivity index (χ0v) is 22.5. The fraction of sp³-hybridized carbons (Fsp3) is 0.478. The van der Waals surface area contributed by atoms with Gasteiger partial charge in [-0.15, -0.1) is 0 Å². The third kappa shape index (κ3) is 4.60. The number of hydrogen-bond acceptors (Lipinski definition) is 13. The average Bonchev–Trinajstić information content (AvgIpc) is 3.52. The molecule has 0 spiro atoms. The number of carbonyl (C=O) groups is 1. The zero-order valence-electron chi connectivity index (χ0n) is 20.9. The van der Waals surface area contributed by atoms with Crippen LogP contribution in [0.3, 0.4) is 0 Å². The molecule has 6 atom stereocenters. The Hall–Kier alpha value is -3.00. The van der Waals surface area contributed by atoms with E-state index in [0.29, 0.717) is 29.1 Å². The monoisotopic (exact) mass is 581 g/mol. The molecule has 0 saturated carbocycles. The van der Waals surface area contributed by atoms with Crippen molar-refractivity contribution in [3.8, 4) is 5.88 Å². The van der Waals surface area contributed by atoms with Crippen molar-refractivity contribution in [2.24, 2.45) is 0 Å². The highest BCUT2D eigenvalue weighted by Crippen LogP contribution is 2.58. The molecule has 208 valence electrons. The van der Waals surface area contributed by atoms with Crippen molar-refractivity contribution in [1.82, 2.24) is 19.5 Å². The van der Waals surface area contributed by atoms with Crippen LogP contribution in [0.15, 0.2) is 30.6 Å². The highest BCUT2D eigenvalue weighted by Gasteiger charge is 2.64. The van der Waals surface area contributed by atoms with E-state index in [1.54, 1.807) is 36.6 Å². The van der Waals surface area contributed by atoms with Gasteiger partial charge in [0.25, 0.3) is 0 Å². The zero-order chi connectivity index (χ0) is 27.4. The van der Waals surface area contributed by atoms with E-state index in [2.05, 4.69) is 15.0 Å². The molecular formula is C23H25ClN5O9P. The van der Waals surface area contributed by atoms with Gasteiger partial charge >= 0.3 is 14.0 Å². The van der Waals surface area contributed by atoms with Crippen molar-refractivity contribution < 1.29 is 41.9 Å². The first kappa shape index (κ1) is 26.2. The lowest BCUT2D eigenvalue weighted by Gasteiger charge is -2.30. The number of rotatable bonds is 7. The van der Waals surface area contributed by atoms with Gasteiger partial charge in [0.2, 0.25) is 11.8 Å². The number of carbonyl (C=O) groups excluding carboxylic acids is 1. The lowest BCUT2D eigenvalue weighted by molar-refractivity contribution is -0.0924. The summed E-state index contributed by atoms with van der Waals surface area (Å²) in [6, 6.07) is 7.11. The van der Waals surface area contributed by atoms with E-state index in [4.69, 9.17) is 49.9 Å². The highest BCUT2D eigenvalue weighted by molar-refractivity contribution is 7.48. The number of imidazole rings is 1. The molecule has 2 N–H and O–H groups in total. The molecule has 3 fully saturated rings. The molecule has 3 aliphatic heterocycles. The van der Waals surface area contributed by atoms with Crippen molar-refractivity contribution in [2.75, 3.05) is 25.6 Å². The molecule has 6 rings (SSSR count). The SMILES string of the molecule is CCOc1nc(N)nc2ncn([C@@H]3O[C@H](CO[P@@]4(=O)OCC[C@@H](c5ccccc5Cl)O4)[C@H]4OC(=O)O[C@]43C)c12. The van der Waals surface area contributed by atoms with Crippen LogP contribution in [-0.4, -0.2) is 63.3 Å². The Morgan fingerprint density at radius 2 is 2.13 bits per heavy atom. The number of phosphoric acid groups is 1. The van der Waals surface area contributed by atoms with E-state index in [9.17, 15) is 9.36 Å². The number of phosphoric ester groups is 1. The second-order valence-electron chi connectivity index (χ2n) is 9.23. The van der Waals surface area contributed by atoms with Crippen molar-refractivity contribution in [3.05, 3.63) is 41.2 Å². The maximum absolute atomic E-state index is 13.4. The minimum Gasteiger partial charge on any atom is -0.476 e. The van der Waals surface area contributed by atoms with Crippen molar-refractivity contribution in [1.29, 1.82) is 0 Å². The number of nitrogen functional groups attached to an aromatic ring is 1. The molecule has 16 heteroatoms. The molecular weight excluding hydrogens is 557 g/mol. The topological polar surface area (TPSA) is 168 Å². The van der Waals surface area contributed by atoms with Crippen LogP contribution >= 0.6 is 19.4 Å². The molecule has 5 heterocycles. The second-order valence-corrected chi connectivity index (χ2v) is 11.3. The van der Waals surface area contributed by atoms with E-state index in [1.807, 2.05) is 6.07 Å². The number of nitrogens with zero attached hydrogens (tertiary/aromatic N) is 4. The maximum atomic E-state index is 13.4. The molecule has 2 aromatic heterocycles. The third-order valence-corrected chi connectivity index (χ3v) is 8.53. The van der Waals surface area contributed by atoms with Gasteiger partial charge in [0, 0.05) is 17.0 Å². The van der Waals surface area contributed by atoms with Gasteiger partial charge in [-0.05, 0) is 19.9 Å². The first-order valence-electron chi connectivity index (χ1n) is 12.2. The van der Waals surface area contributed by atoms with Crippen LogP contribution in [0.4, 0.5) is 10.7 Å². The summed E-state index contributed by atoms with van der Waals surface area (Å²) in [5.74, 6) is 0.173. The van der Waals surface area contributed by atoms with E-state index >= 15 is 0 Å². The largest absolute Gasteiger partial charge is 0.509 e. The van der Waals surface area contributed by atoms with Crippen LogP contribution in [-0.2, 0) is 32.3 Å². The lowest BCUT2D eigenvalue weighted by Crippen LogP contribution is -2.42. The van der Waals surface area contributed by atoms with Crippen molar-refractivity contribution in [2.45, 2.75) is 50.4 Å². The second kappa shape index (κ2) is 9.88. The summed E-state index contributed by atoms with van der Waals surface area (Å²) in [6.45, 7) is 3.59. The Labute approximate surface area is 227 Å². The number of benzene rings is 1. The normalized spacial score (nSPS) is 32.1. The van der Waals surface area contributed by atoms with Crippen LogP contribution in [0.5, 0.6) is 5.88 Å². The molecule has 3 saturated heterocycles. The summed E-state index contributed by atoms with van der Waals surface area (Å²) < 4.78 is 54.7. The standard InChI is InChI=1S/C23H25ClN5O9P/c1-3-32-19-16-18(27-21(25)28-19)26-11-29(16)20-23(2)17(36-22(30)37-23)15(35-20)10-34-39(31)33-9-8-14(38-39)12-6-4-5-7-13(12)24/h4-7,11,14-15,17,20H,3,8-10H2,1-2H3,(H2,25,27,28)/t14-,15+,17+,20+,23+,39+/m0/s1. The first-order chi connectivity index (χ1) is 18.7. The van der Waals surface area contributed by atoms with Crippen molar-refractivity contribution in [3.63, 3.8) is 0 Å². The van der Waals surface area contributed by atoms with Gasteiger partial charge in [-0.3, -0.25) is 18.1 Å². The average molecular weight is 582 g/mol. The van der Waals surface area contributed by atoms with Crippen LogP contribution < -0.4 is 10.5 Å². The van der Waals surface area contributed by atoms with E-state index in [0.717, 1.165) is 0 Å². The fourth-order valence-corrected chi connectivity index (χ4v) is 6.64. The Bertz CT molecular complexity index is 1470. The molecule has 0 bridgehead atoms. The third-order valence-electron chi connectivity index (χ3n) is 6.71. The number of ether oxygens (including phenoxy) is 4. The van der Waals surface area contributed by atoms with Crippen LogP contribution in [0, 0.1) is 0 Å². The van der Waals surface area contributed by atoms with Crippen LogP contribution in [0.2, 0.25) is 5.02 Å². The smallest absolute Gasteiger partial charge is 0.476 e. The molecule has 3 aliphatic rings. The number of aromatic nitrogens is 4. The van der Waals surface area contributed by atoms with Gasteiger partial charge < -0.3 is 24.7 Å². The van der Waals surface area contributed by atoms with E-state index in [-0.39, 0.29) is 30.7 Å². The maximum Gasteiger partial charge on any atom is 0.509 e.